The molecule has 0 unspecified atom stereocenters. The molecule has 0 aliphatic carbocycles. The molecule has 0 atom stereocenters. The number of unbranched alkanes of at least 4 members (excludes halogenated alkanes) is 3. The van der Waals surface area contributed by atoms with Gasteiger partial charge in [-0.2, -0.15) is 0 Å². The first-order valence-electron chi connectivity index (χ1n) is 9.15. The van der Waals surface area contributed by atoms with E-state index in [0.717, 1.165) is 37.0 Å². The van der Waals surface area contributed by atoms with Crippen LogP contribution in [0.5, 0.6) is 5.75 Å². The number of ether oxygens (including phenoxy) is 1. The summed E-state index contributed by atoms with van der Waals surface area (Å²) in [5.41, 5.74) is 1.63. The minimum atomic E-state index is -2.94. The molecule has 0 radical (unpaired) electrons. The summed E-state index contributed by atoms with van der Waals surface area (Å²) in [5.74, 6) is 0.805. The second-order valence-electron chi connectivity index (χ2n) is 6.19. The number of rotatable bonds is 12. The molecule has 0 heterocycles. The molecule has 0 saturated heterocycles. The van der Waals surface area contributed by atoms with E-state index in [1.807, 2.05) is 42.5 Å². The largest absolute Gasteiger partial charge is 0.494 e. The van der Waals surface area contributed by atoms with E-state index >= 15 is 0 Å². The van der Waals surface area contributed by atoms with Crippen LogP contribution in [-0.4, -0.2) is 25.2 Å². The van der Waals surface area contributed by atoms with Crippen molar-refractivity contribution in [1.29, 1.82) is 0 Å². The Hall–Kier alpha value is -1.30. The zero-order valence-corrected chi connectivity index (χ0v) is 18.7. The quantitative estimate of drug-likeness (QED) is 0.117. The molecular weight excluding hydrogens is 435 g/mol. The van der Waals surface area contributed by atoms with Crippen LogP contribution in [0.2, 0.25) is 0 Å². The van der Waals surface area contributed by atoms with Crippen LogP contribution in [0.4, 0.5) is 0 Å². The highest BCUT2D eigenvalue weighted by Crippen LogP contribution is 2.21. The maximum Gasteiger partial charge on any atom is 0.493 e. The molecule has 2 aromatic rings. The van der Waals surface area contributed by atoms with Gasteiger partial charge < -0.3 is 9.16 Å². The fraction of sp³-hybridized carbons (Fsp3) is 0.286. The van der Waals surface area contributed by atoms with E-state index < -0.39 is 6.25 Å². The Labute approximate surface area is 181 Å². The van der Waals surface area contributed by atoms with Gasteiger partial charge in [0.15, 0.2) is 5.78 Å². The van der Waals surface area contributed by atoms with E-state index in [0.29, 0.717) is 18.8 Å². The first kappa shape index (κ1) is 23.0. The molecule has 0 aliphatic rings. The summed E-state index contributed by atoms with van der Waals surface area (Å²) >= 11 is 16.9. The first-order valence-corrected chi connectivity index (χ1v) is 14.1. The molecule has 0 amide bonds. The van der Waals surface area contributed by atoms with Gasteiger partial charge in [0.2, 0.25) is 0 Å². The molecule has 0 aromatic heterocycles. The normalized spacial score (nSPS) is 11.7. The summed E-state index contributed by atoms with van der Waals surface area (Å²) in [5, 5.41) is 0. The molecular formula is C21H23Cl3O3Si. The van der Waals surface area contributed by atoms with Gasteiger partial charge in [-0.05, 0) is 43.0 Å². The van der Waals surface area contributed by atoms with Gasteiger partial charge >= 0.3 is 6.25 Å². The maximum atomic E-state index is 12.1. The number of carbonyl (C=O) groups excluding carboxylic acids is 1. The lowest BCUT2D eigenvalue weighted by molar-refractivity contribution is 0.104. The van der Waals surface area contributed by atoms with Crippen LogP contribution in [0.3, 0.4) is 0 Å². The van der Waals surface area contributed by atoms with E-state index in [1.165, 1.54) is 0 Å². The van der Waals surface area contributed by atoms with Crippen LogP contribution in [0.25, 0.3) is 6.08 Å². The van der Waals surface area contributed by atoms with Crippen LogP contribution in [-0.2, 0) is 4.43 Å². The molecule has 0 N–H and O–H groups in total. The predicted molar refractivity (Wildman–Crippen MR) is 119 cm³/mol. The summed E-state index contributed by atoms with van der Waals surface area (Å²) in [6.07, 6.45) is 4.33. The Morgan fingerprint density at radius 2 is 1.50 bits per heavy atom. The fourth-order valence-corrected chi connectivity index (χ4v) is 3.55. The third kappa shape index (κ3) is 9.76. The molecule has 7 heteroatoms. The van der Waals surface area contributed by atoms with E-state index in [-0.39, 0.29) is 5.78 Å². The van der Waals surface area contributed by atoms with Crippen molar-refractivity contribution in [3.05, 3.63) is 71.8 Å². The van der Waals surface area contributed by atoms with Gasteiger partial charge in [0.25, 0.3) is 0 Å². The highest BCUT2D eigenvalue weighted by atomic mass is 35.8. The van der Waals surface area contributed by atoms with Crippen molar-refractivity contribution in [3.63, 3.8) is 0 Å². The Morgan fingerprint density at radius 3 is 2.14 bits per heavy atom. The molecule has 0 aliphatic heterocycles. The lowest BCUT2D eigenvalue weighted by atomic mass is 10.1. The summed E-state index contributed by atoms with van der Waals surface area (Å²) in [6, 6.07) is 16.9. The first-order chi connectivity index (χ1) is 13.4. The zero-order chi connectivity index (χ0) is 20.2. The van der Waals surface area contributed by atoms with E-state index in [1.54, 1.807) is 24.3 Å². The fourth-order valence-electron chi connectivity index (χ4n) is 2.48. The Morgan fingerprint density at radius 1 is 0.857 bits per heavy atom. The third-order valence-electron chi connectivity index (χ3n) is 3.94. The lowest BCUT2D eigenvalue weighted by Crippen LogP contribution is -2.16. The maximum absolute atomic E-state index is 12.1. The van der Waals surface area contributed by atoms with E-state index in [9.17, 15) is 4.79 Å². The van der Waals surface area contributed by atoms with Crippen molar-refractivity contribution < 1.29 is 14.0 Å². The van der Waals surface area contributed by atoms with Crippen LogP contribution in [0.15, 0.2) is 60.7 Å². The van der Waals surface area contributed by atoms with Crippen molar-refractivity contribution in [1.82, 2.24) is 0 Å². The molecule has 28 heavy (non-hydrogen) atoms. The van der Waals surface area contributed by atoms with Gasteiger partial charge in [-0.3, -0.25) is 4.79 Å². The van der Waals surface area contributed by atoms with E-state index in [4.69, 9.17) is 42.4 Å². The summed E-state index contributed by atoms with van der Waals surface area (Å²) < 4.78 is 10.9. The van der Waals surface area contributed by atoms with Gasteiger partial charge in [-0.25, -0.2) is 0 Å². The minimum absolute atomic E-state index is 0.0116. The van der Waals surface area contributed by atoms with Crippen molar-refractivity contribution in [2.24, 2.45) is 0 Å². The van der Waals surface area contributed by atoms with Crippen molar-refractivity contribution >= 4 is 51.3 Å². The van der Waals surface area contributed by atoms with E-state index in [2.05, 4.69) is 0 Å². The summed E-state index contributed by atoms with van der Waals surface area (Å²) in [4.78, 5) is 12.1. The van der Waals surface area contributed by atoms with Crippen molar-refractivity contribution in [3.8, 4) is 5.75 Å². The average Bonchev–Trinajstić information content (AvgIpc) is 2.69. The summed E-state index contributed by atoms with van der Waals surface area (Å²) in [7, 11) is 0. The van der Waals surface area contributed by atoms with Crippen LogP contribution in [0, 0.1) is 0 Å². The summed E-state index contributed by atoms with van der Waals surface area (Å²) in [6.45, 7) is 1.15. The average molecular weight is 458 g/mol. The number of hydrogen-bond acceptors (Lipinski definition) is 3. The van der Waals surface area contributed by atoms with Crippen LogP contribution >= 0.6 is 33.2 Å². The SMILES string of the molecule is O=C(/C=C/c1ccc(OCCCCCCO[Si](Cl)(Cl)Cl)cc1)c1ccccc1. The topological polar surface area (TPSA) is 35.5 Å². The molecule has 0 saturated carbocycles. The second kappa shape index (κ2) is 12.3. The third-order valence-corrected chi connectivity index (χ3v) is 5.45. The van der Waals surface area contributed by atoms with Gasteiger partial charge in [-0.15, -0.1) is 0 Å². The minimum Gasteiger partial charge on any atom is -0.494 e. The zero-order valence-electron chi connectivity index (χ0n) is 15.5. The van der Waals surface area contributed by atoms with Crippen LogP contribution in [0.1, 0.15) is 41.6 Å². The molecule has 0 fully saturated rings. The van der Waals surface area contributed by atoms with Gasteiger partial charge in [-0.1, -0.05) is 88.2 Å². The number of benzene rings is 2. The molecule has 2 aromatic carbocycles. The highest BCUT2D eigenvalue weighted by molar-refractivity contribution is 7.62. The Bertz CT molecular complexity index is 744. The van der Waals surface area contributed by atoms with Gasteiger partial charge in [0, 0.05) is 12.2 Å². The predicted octanol–water partition coefficient (Wildman–Crippen LogP) is 6.69. The highest BCUT2D eigenvalue weighted by Gasteiger charge is 2.26. The smallest absolute Gasteiger partial charge is 0.493 e. The molecule has 0 spiro atoms. The Balaban J connectivity index is 1.63. The van der Waals surface area contributed by atoms with Crippen LogP contribution < -0.4 is 4.74 Å². The number of carbonyl (C=O) groups is 1. The number of ketones is 1. The monoisotopic (exact) mass is 456 g/mol. The van der Waals surface area contributed by atoms with Crippen molar-refractivity contribution in [2.45, 2.75) is 25.7 Å². The molecule has 150 valence electrons. The number of allylic oxidation sites excluding steroid dienone is 1. The second-order valence-corrected chi connectivity index (χ2v) is 13.9. The van der Waals surface area contributed by atoms with Crippen molar-refractivity contribution in [2.75, 3.05) is 13.2 Å². The Kier molecular flexibility index (Phi) is 10.1. The molecule has 0 bridgehead atoms. The molecule has 3 nitrogen and oxygen atoms in total. The number of hydrogen-bond donors (Lipinski definition) is 0. The number of halogens is 3. The van der Waals surface area contributed by atoms with Gasteiger partial charge in [0.1, 0.15) is 5.75 Å². The molecule has 2 rings (SSSR count). The lowest BCUT2D eigenvalue weighted by Gasteiger charge is -2.09. The standard InChI is InChI=1S/C21H23Cl3O3Si/c22-28(23,24)27-17-7-2-1-6-16-26-20-13-10-18(11-14-20)12-15-21(25)19-8-4-3-5-9-19/h3-5,8-15H,1-2,6-7,16-17H2/b15-12+. The van der Waals surface area contributed by atoms with Gasteiger partial charge in [0.05, 0.1) is 6.61 Å².